The van der Waals surface area contributed by atoms with Crippen LogP contribution in [0.3, 0.4) is 0 Å². The van der Waals surface area contributed by atoms with Gasteiger partial charge in [0.1, 0.15) is 5.60 Å². The predicted octanol–water partition coefficient (Wildman–Crippen LogP) is 3.19. The molecule has 0 saturated carbocycles. The molecule has 0 aromatic heterocycles. The Kier molecular flexibility index (Phi) is 13.0. The van der Waals surface area contributed by atoms with Gasteiger partial charge in [-0.05, 0) is 53.4 Å². The zero-order valence-corrected chi connectivity index (χ0v) is 20.2. The van der Waals surface area contributed by atoms with E-state index in [-0.39, 0.29) is 30.1 Å². The molecule has 0 bridgehead atoms. The molecule has 1 aliphatic heterocycles. The van der Waals surface area contributed by atoms with Crippen molar-refractivity contribution in [2.45, 2.75) is 53.1 Å². The highest BCUT2D eigenvalue weighted by molar-refractivity contribution is 14.0. The molecule has 0 aliphatic carbocycles. The maximum absolute atomic E-state index is 12.3. The first kappa shape index (κ1) is 26.2. The van der Waals surface area contributed by atoms with Crippen LogP contribution in [0.1, 0.15) is 47.5 Å². The number of carbonyl (C=O) groups excluding carboxylic acids is 1. The lowest BCUT2D eigenvalue weighted by Gasteiger charge is -2.36. The lowest BCUT2D eigenvalue weighted by Crippen LogP contribution is -2.48. The minimum Gasteiger partial charge on any atom is -0.444 e. The van der Waals surface area contributed by atoms with E-state index in [4.69, 9.17) is 9.47 Å². The zero-order chi connectivity index (χ0) is 19.6. The van der Waals surface area contributed by atoms with E-state index in [9.17, 15) is 4.79 Å². The molecule has 0 spiro atoms. The first-order valence-electron chi connectivity index (χ1n) is 9.82. The van der Waals surface area contributed by atoms with E-state index in [2.05, 4.69) is 15.2 Å². The summed E-state index contributed by atoms with van der Waals surface area (Å²) in [7, 11) is 1.82. The molecule has 160 valence electrons. The van der Waals surface area contributed by atoms with Crippen LogP contribution in [-0.2, 0) is 9.47 Å². The average molecular weight is 498 g/mol. The number of nitrogens with one attached hydrogen (secondary N) is 1. The average Bonchev–Trinajstić information content (AvgIpc) is 2.59. The summed E-state index contributed by atoms with van der Waals surface area (Å²) in [6.07, 6.45) is 1.88. The third kappa shape index (κ3) is 10.4. The largest absolute Gasteiger partial charge is 0.444 e. The number of carbonyl (C=O) groups is 1. The van der Waals surface area contributed by atoms with Gasteiger partial charge in [-0.3, -0.25) is 4.99 Å². The standard InChI is InChI=1S/C19H38N4O3.HI/c1-7-22(18(24)26-19(3,4)5)15-16-9-12-23(13-10-16)17(20-6)21-11-14-25-8-2;/h16H,7-15H2,1-6H3,(H,20,21);1H. The monoisotopic (exact) mass is 498 g/mol. The van der Waals surface area contributed by atoms with Crippen molar-refractivity contribution in [1.29, 1.82) is 0 Å². The number of amides is 1. The summed E-state index contributed by atoms with van der Waals surface area (Å²) in [6, 6.07) is 0. The van der Waals surface area contributed by atoms with Crippen molar-refractivity contribution in [3.05, 3.63) is 0 Å². The molecule has 8 heteroatoms. The van der Waals surface area contributed by atoms with Crippen molar-refractivity contribution >= 4 is 36.0 Å². The summed E-state index contributed by atoms with van der Waals surface area (Å²) in [5.74, 6) is 1.43. The van der Waals surface area contributed by atoms with E-state index in [1.165, 1.54) is 0 Å². The fourth-order valence-corrected chi connectivity index (χ4v) is 3.01. The Hall–Kier alpha value is -0.770. The van der Waals surface area contributed by atoms with Gasteiger partial charge in [0.05, 0.1) is 6.61 Å². The lowest BCUT2D eigenvalue weighted by molar-refractivity contribution is 0.0214. The second kappa shape index (κ2) is 13.4. The van der Waals surface area contributed by atoms with Crippen LogP contribution in [0.4, 0.5) is 4.79 Å². The normalized spacial score (nSPS) is 15.9. The molecule has 0 radical (unpaired) electrons. The lowest BCUT2D eigenvalue weighted by atomic mass is 9.96. The maximum atomic E-state index is 12.3. The van der Waals surface area contributed by atoms with Crippen molar-refractivity contribution in [1.82, 2.24) is 15.1 Å². The van der Waals surface area contributed by atoms with Gasteiger partial charge < -0.3 is 24.6 Å². The van der Waals surface area contributed by atoms with E-state index in [1.807, 2.05) is 46.6 Å². The second-order valence-electron chi connectivity index (χ2n) is 7.62. The smallest absolute Gasteiger partial charge is 0.410 e. The summed E-state index contributed by atoms with van der Waals surface area (Å²) in [5.41, 5.74) is -0.451. The highest BCUT2D eigenvalue weighted by atomic mass is 127. The number of aliphatic imine (C=N–C) groups is 1. The molecule has 27 heavy (non-hydrogen) atoms. The SMILES string of the molecule is CCOCCNC(=NC)N1CCC(CN(CC)C(=O)OC(C)(C)C)CC1.I. The van der Waals surface area contributed by atoms with Gasteiger partial charge >= 0.3 is 6.09 Å². The van der Waals surface area contributed by atoms with Crippen LogP contribution in [0.2, 0.25) is 0 Å². The van der Waals surface area contributed by atoms with Crippen molar-refractivity contribution in [2.75, 3.05) is 53.0 Å². The molecule has 1 aliphatic rings. The highest BCUT2D eigenvalue weighted by Crippen LogP contribution is 2.20. The Morgan fingerprint density at radius 2 is 1.89 bits per heavy atom. The predicted molar refractivity (Wildman–Crippen MR) is 121 cm³/mol. The van der Waals surface area contributed by atoms with Crippen LogP contribution in [0, 0.1) is 5.92 Å². The number of guanidine groups is 1. The maximum Gasteiger partial charge on any atom is 0.410 e. The summed E-state index contributed by atoms with van der Waals surface area (Å²) in [6.45, 7) is 15.2. The summed E-state index contributed by atoms with van der Waals surface area (Å²) >= 11 is 0. The Balaban J connectivity index is 0.00000676. The van der Waals surface area contributed by atoms with Crippen LogP contribution in [0.15, 0.2) is 4.99 Å². The molecule has 7 nitrogen and oxygen atoms in total. The molecule has 0 aromatic rings. The summed E-state index contributed by atoms with van der Waals surface area (Å²) < 4.78 is 10.9. The van der Waals surface area contributed by atoms with Crippen molar-refractivity contribution < 1.29 is 14.3 Å². The summed E-state index contributed by atoms with van der Waals surface area (Å²) in [5, 5.41) is 3.35. The van der Waals surface area contributed by atoms with Gasteiger partial charge in [0.2, 0.25) is 0 Å². The molecule has 0 atom stereocenters. The summed E-state index contributed by atoms with van der Waals surface area (Å²) in [4.78, 5) is 20.8. The molecule has 1 saturated heterocycles. The van der Waals surface area contributed by atoms with E-state index in [1.54, 1.807) is 0 Å². The molecule has 1 heterocycles. The number of halogens is 1. The van der Waals surface area contributed by atoms with E-state index >= 15 is 0 Å². The van der Waals surface area contributed by atoms with Crippen molar-refractivity contribution in [2.24, 2.45) is 10.9 Å². The quantitative estimate of drug-likeness (QED) is 0.253. The van der Waals surface area contributed by atoms with E-state index in [0.717, 1.165) is 51.6 Å². The van der Waals surface area contributed by atoms with Crippen LogP contribution in [-0.4, -0.2) is 80.4 Å². The number of nitrogens with zero attached hydrogens (tertiary/aromatic N) is 3. The van der Waals surface area contributed by atoms with E-state index < -0.39 is 5.60 Å². The molecule has 1 amide bonds. The molecule has 0 unspecified atom stereocenters. The number of likely N-dealkylation sites (tertiary alicyclic amines) is 1. The molecular weight excluding hydrogens is 459 g/mol. The number of ether oxygens (including phenoxy) is 2. The fourth-order valence-electron chi connectivity index (χ4n) is 3.01. The van der Waals surface area contributed by atoms with Crippen LogP contribution in [0.5, 0.6) is 0 Å². The number of rotatable bonds is 7. The van der Waals surface area contributed by atoms with Crippen molar-refractivity contribution in [3.8, 4) is 0 Å². The Morgan fingerprint density at radius 1 is 1.26 bits per heavy atom. The minimum absolute atomic E-state index is 0. The van der Waals surface area contributed by atoms with Crippen LogP contribution < -0.4 is 5.32 Å². The van der Waals surface area contributed by atoms with E-state index in [0.29, 0.717) is 19.1 Å². The van der Waals surface area contributed by atoms with Crippen molar-refractivity contribution in [3.63, 3.8) is 0 Å². The molecule has 1 N–H and O–H groups in total. The van der Waals surface area contributed by atoms with Gasteiger partial charge in [-0.25, -0.2) is 4.79 Å². The fraction of sp³-hybridized carbons (Fsp3) is 0.895. The topological polar surface area (TPSA) is 66.4 Å². The van der Waals surface area contributed by atoms with Gasteiger partial charge in [-0.1, -0.05) is 0 Å². The van der Waals surface area contributed by atoms with Gasteiger partial charge in [0.15, 0.2) is 5.96 Å². The Bertz CT molecular complexity index is 447. The first-order valence-corrected chi connectivity index (χ1v) is 9.82. The third-order valence-electron chi connectivity index (χ3n) is 4.37. The van der Waals surface area contributed by atoms with Gasteiger partial charge in [-0.2, -0.15) is 0 Å². The molecule has 1 rings (SSSR count). The zero-order valence-electron chi connectivity index (χ0n) is 17.9. The Labute approximate surface area is 182 Å². The van der Waals surface area contributed by atoms with Gasteiger partial charge in [0, 0.05) is 46.4 Å². The highest BCUT2D eigenvalue weighted by Gasteiger charge is 2.27. The van der Waals surface area contributed by atoms with Crippen LogP contribution >= 0.6 is 24.0 Å². The first-order chi connectivity index (χ1) is 12.3. The number of hydrogen-bond acceptors (Lipinski definition) is 4. The number of hydrogen-bond donors (Lipinski definition) is 1. The number of piperidine rings is 1. The molecule has 1 fully saturated rings. The van der Waals surface area contributed by atoms with Crippen LogP contribution in [0.25, 0.3) is 0 Å². The molecule has 0 aromatic carbocycles. The third-order valence-corrected chi connectivity index (χ3v) is 4.37. The minimum atomic E-state index is -0.451. The van der Waals surface area contributed by atoms with Gasteiger partial charge in [0.25, 0.3) is 0 Å². The molecular formula is C19H39IN4O3. The van der Waals surface area contributed by atoms with Gasteiger partial charge in [-0.15, -0.1) is 24.0 Å². The second-order valence-corrected chi connectivity index (χ2v) is 7.62. The Morgan fingerprint density at radius 3 is 2.37 bits per heavy atom.